The zero-order valence-electron chi connectivity index (χ0n) is 15.6. The molecule has 0 aromatic heterocycles. The third-order valence-corrected chi connectivity index (χ3v) is 5.59. The number of carbonyl (C=O) groups is 2. The number of para-hydroxylation sites is 1. The van der Waals surface area contributed by atoms with Crippen molar-refractivity contribution >= 4 is 17.6 Å². The van der Waals surface area contributed by atoms with Crippen molar-refractivity contribution in [2.24, 2.45) is 5.92 Å². The van der Waals surface area contributed by atoms with E-state index >= 15 is 0 Å². The highest BCUT2D eigenvalue weighted by molar-refractivity contribution is 5.97. The monoisotopic (exact) mass is 343 g/mol. The van der Waals surface area contributed by atoms with E-state index in [1.807, 2.05) is 40.7 Å². The molecule has 2 aliphatic heterocycles. The summed E-state index contributed by atoms with van der Waals surface area (Å²) in [5, 5.41) is 0. The second-order valence-corrected chi connectivity index (χ2v) is 7.11. The number of likely N-dealkylation sites (tertiary alicyclic amines) is 1. The SMILES string of the molecule is CCN(CC)C(=O)N1CCC(C(=O)N2c3ccccc3CC2C)CC1. The van der Waals surface area contributed by atoms with Gasteiger partial charge in [0.2, 0.25) is 5.91 Å². The number of fused-ring (bicyclic) bond motifs is 1. The van der Waals surface area contributed by atoms with Crippen molar-refractivity contribution in [1.82, 2.24) is 9.80 Å². The number of anilines is 1. The highest BCUT2D eigenvalue weighted by Crippen LogP contribution is 2.34. The molecule has 3 amide bonds. The van der Waals surface area contributed by atoms with E-state index in [0.29, 0.717) is 13.1 Å². The molecule has 1 saturated heterocycles. The van der Waals surface area contributed by atoms with Crippen LogP contribution in [0.15, 0.2) is 24.3 Å². The Hall–Kier alpha value is -2.04. The van der Waals surface area contributed by atoms with Crippen LogP contribution in [0.5, 0.6) is 0 Å². The second-order valence-electron chi connectivity index (χ2n) is 7.11. The van der Waals surface area contributed by atoms with Crippen molar-refractivity contribution < 1.29 is 9.59 Å². The van der Waals surface area contributed by atoms with E-state index in [0.717, 1.165) is 38.0 Å². The number of hydrogen-bond acceptors (Lipinski definition) is 2. The minimum atomic E-state index is 0.0226. The van der Waals surface area contributed by atoms with Gasteiger partial charge in [-0.15, -0.1) is 0 Å². The molecule has 1 atom stereocenters. The van der Waals surface area contributed by atoms with Gasteiger partial charge in [0.1, 0.15) is 0 Å². The van der Waals surface area contributed by atoms with Crippen molar-refractivity contribution in [3.63, 3.8) is 0 Å². The Labute approximate surface area is 150 Å². The molecule has 0 aliphatic carbocycles. The van der Waals surface area contributed by atoms with Gasteiger partial charge in [0.05, 0.1) is 0 Å². The van der Waals surface area contributed by atoms with E-state index in [-0.39, 0.29) is 23.9 Å². The third-order valence-electron chi connectivity index (χ3n) is 5.59. The van der Waals surface area contributed by atoms with Gasteiger partial charge in [-0.05, 0) is 51.7 Å². The first-order valence-corrected chi connectivity index (χ1v) is 9.51. The van der Waals surface area contributed by atoms with Crippen molar-refractivity contribution in [2.45, 2.75) is 46.1 Å². The molecule has 3 rings (SSSR count). The largest absolute Gasteiger partial charge is 0.325 e. The number of nitrogens with zero attached hydrogens (tertiary/aromatic N) is 3. The average Bonchev–Trinajstić information content (AvgIpc) is 2.98. The van der Waals surface area contributed by atoms with Crippen molar-refractivity contribution in [3.8, 4) is 0 Å². The summed E-state index contributed by atoms with van der Waals surface area (Å²) in [6.07, 6.45) is 2.45. The van der Waals surface area contributed by atoms with Crippen LogP contribution in [-0.2, 0) is 11.2 Å². The Kier molecular flexibility index (Phi) is 5.30. The predicted octanol–water partition coefficient (Wildman–Crippen LogP) is 3.14. The molecule has 0 spiro atoms. The van der Waals surface area contributed by atoms with Gasteiger partial charge in [-0.1, -0.05) is 18.2 Å². The highest BCUT2D eigenvalue weighted by Gasteiger charge is 2.36. The summed E-state index contributed by atoms with van der Waals surface area (Å²) < 4.78 is 0. The molecule has 0 saturated carbocycles. The number of piperidine rings is 1. The van der Waals surface area contributed by atoms with Gasteiger partial charge in [-0.25, -0.2) is 4.79 Å². The molecule has 1 unspecified atom stereocenters. The van der Waals surface area contributed by atoms with Crippen LogP contribution < -0.4 is 4.90 Å². The van der Waals surface area contributed by atoms with Crippen LogP contribution in [0.1, 0.15) is 39.2 Å². The molecular formula is C20H29N3O2. The lowest BCUT2D eigenvalue weighted by atomic mass is 9.95. The van der Waals surface area contributed by atoms with Gasteiger partial charge in [0.25, 0.3) is 0 Å². The molecule has 2 heterocycles. The smallest absolute Gasteiger partial charge is 0.319 e. The van der Waals surface area contributed by atoms with Crippen LogP contribution in [0.25, 0.3) is 0 Å². The normalized spacial score (nSPS) is 20.5. The first-order chi connectivity index (χ1) is 12.1. The Balaban J connectivity index is 1.64. The fourth-order valence-electron chi connectivity index (χ4n) is 4.11. The van der Waals surface area contributed by atoms with Crippen LogP contribution in [0.2, 0.25) is 0 Å². The number of amides is 3. The molecule has 1 aromatic carbocycles. The molecule has 136 valence electrons. The Morgan fingerprint density at radius 3 is 2.40 bits per heavy atom. The lowest BCUT2D eigenvalue weighted by Gasteiger charge is -2.36. The van der Waals surface area contributed by atoms with E-state index in [4.69, 9.17) is 0 Å². The lowest BCUT2D eigenvalue weighted by molar-refractivity contribution is -0.124. The van der Waals surface area contributed by atoms with Crippen molar-refractivity contribution in [1.29, 1.82) is 0 Å². The predicted molar refractivity (Wildman–Crippen MR) is 99.7 cm³/mol. The number of rotatable bonds is 3. The van der Waals surface area contributed by atoms with Gasteiger partial charge in [-0.3, -0.25) is 4.79 Å². The van der Waals surface area contributed by atoms with Crippen LogP contribution >= 0.6 is 0 Å². The summed E-state index contributed by atoms with van der Waals surface area (Å²) >= 11 is 0. The minimum absolute atomic E-state index is 0.0226. The molecule has 5 nitrogen and oxygen atoms in total. The van der Waals surface area contributed by atoms with E-state index in [9.17, 15) is 9.59 Å². The number of hydrogen-bond donors (Lipinski definition) is 0. The van der Waals surface area contributed by atoms with Gasteiger partial charge in [0, 0.05) is 43.8 Å². The second kappa shape index (κ2) is 7.46. The van der Waals surface area contributed by atoms with E-state index in [2.05, 4.69) is 19.1 Å². The maximum Gasteiger partial charge on any atom is 0.319 e. The Bertz CT molecular complexity index is 634. The summed E-state index contributed by atoms with van der Waals surface area (Å²) in [6, 6.07) is 8.54. The molecule has 2 aliphatic rings. The lowest BCUT2D eigenvalue weighted by Crippen LogP contribution is -2.49. The molecule has 0 radical (unpaired) electrons. The highest BCUT2D eigenvalue weighted by atomic mass is 16.2. The molecule has 25 heavy (non-hydrogen) atoms. The van der Waals surface area contributed by atoms with Gasteiger partial charge in [0.15, 0.2) is 0 Å². The van der Waals surface area contributed by atoms with Crippen molar-refractivity contribution in [3.05, 3.63) is 29.8 Å². The molecule has 1 fully saturated rings. The molecule has 0 N–H and O–H groups in total. The first-order valence-electron chi connectivity index (χ1n) is 9.51. The van der Waals surface area contributed by atoms with E-state index < -0.39 is 0 Å². The number of carbonyl (C=O) groups excluding carboxylic acids is 2. The topological polar surface area (TPSA) is 43.9 Å². The summed E-state index contributed by atoms with van der Waals surface area (Å²) in [7, 11) is 0. The van der Waals surface area contributed by atoms with Crippen LogP contribution in [0.3, 0.4) is 0 Å². The summed E-state index contributed by atoms with van der Waals surface area (Å²) in [4.78, 5) is 31.3. The average molecular weight is 343 g/mol. The first kappa shape index (κ1) is 17.8. The Morgan fingerprint density at radius 2 is 1.76 bits per heavy atom. The van der Waals surface area contributed by atoms with Crippen LogP contribution in [0.4, 0.5) is 10.5 Å². The molecule has 1 aromatic rings. The quantitative estimate of drug-likeness (QED) is 0.846. The zero-order chi connectivity index (χ0) is 18.0. The number of benzene rings is 1. The summed E-state index contributed by atoms with van der Waals surface area (Å²) in [5.74, 6) is 0.252. The van der Waals surface area contributed by atoms with Gasteiger partial charge in [-0.2, -0.15) is 0 Å². The van der Waals surface area contributed by atoms with Crippen LogP contribution in [-0.4, -0.2) is 54.0 Å². The van der Waals surface area contributed by atoms with Crippen LogP contribution in [0, 0.1) is 5.92 Å². The molecule has 5 heteroatoms. The maximum absolute atomic E-state index is 13.1. The minimum Gasteiger partial charge on any atom is -0.325 e. The standard InChI is InChI=1S/C20H29N3O2/c1-4-21(5-2)20(25)22-12-10-16(11-13-22)19(24)23-15(3)14-17-8-6-7-9-18(17)23/h6-9,15-16H,4-5,10-14H2,1-3H3. The maximum atomic E-state index is 13.1. The van der Waals surface area contributed by atoms with Gasteiger partial charge < -0.3 is 14.7 Å². The summed E-state index contributed by atoms with van der Waals surface area (Å²) in [5.41, 5.74) is 2.33. The Morgan fingerprint density at radius 1 is 1.12 bits per heavy atom. The van der Waals surface area contributed by atoms with E-state index in [1.54, 1.807) is 0 Å². The fourth-order valence-corrected chi connectivity index (χ4v) is 4.11. The molecule has 0 bridgehead atoms. The molecular weight excluding hydrogens is 314 g/mol. The summed E-state index contributed by atoms with van der Waals surface area (Å²) in [6.45, 7) is 8.95. The van der Waals surface area contributed by atoms with Gasteiger partial charge >= 0.3 is 6.03 Å². The van der Waals surface area contributed by atoms with E-state index in [1.165, 1.54) is 5.56 Å². The van der Waals surface area contributed by atoms with Crippen molar-refractivity contribution in [2.75, 3.05) is 31.1 Å². The number of urea groups is 1. The third kappa shape index (κ3) is 3.37. The zero-order valence-corrected chi connectivity index (χ0v) is 15.6. The fraction of sp³-hybridized carbons (Fsp3) is 0.600.